The number of carbonyl (C=O) groups excluding carboxylic acids is 1. The van der Waals surface area contributed by atoms with Crippen LogP contribution in [-0.4, -0.2) is 36.9 Å². The summed E-state index contributed by atoms with van der Waals surface area (Å²) >= 11 is 5.84. The number of H-pyrrole nitrogens is 1. The quantitative estimate of drug-likeness (QED) is 0.575. The fourth-order valence-corrected chi connectivity index (χ4v) is 2.77. The Labute approximate surface area is 146 Å². The summed E-state index contributed by atoms with van der Waals surface area (Å²) in [5.74, 6) is 0.377. The van der Waals surface area contributed by atoms with Crippen molar-refractivity contribution in [3.8, 4) is 17.1 Å². The van der Waals surface area contributed by atoms with E-state index in [9.17, 15) is 9.59 Å². The van der Waals surface area contributed by atoms with Crippen LogP contribution in [0.4, 0.5) is 4.79 Å². The summed E-state index contributed by atoms with van der Waals surface area (Å²) in [5.41, 5.74) is 1.32. The molecule has 0 aromatic carbocycles. The lowest BCUT2D eigenvalue weighted by atomic mass is 10.1. The van der Waals surface area contributed by atoms with Gasteiger partial charge in [-0.05, 0) is 19.1 Å². The Balaban J connectivity index is 1.90. The number of amides is 1. The molecule has 126 valence electrons. The third-order valence-electron chi connectivity index (χ3n) is 3.82. The molecule has 0 saturated carbocycles. The Kier molecular flexibility index (Phi) is 3.54. The van der Waals surface area contributed by atoms with E-state index in [0.717, 1.165) is 0 Å². The Morgan fingerprint density at radius 3 is 2.92 bits per heavy atom. The molecule has 0 bridgehead atoms. The second-order valence-electron chi connectivity index (χ2n) is 5.43. The lowest BCUT2D eigenvalue weighted by molar-refractivity contribution is 0.243. The second kappa shape index (κ2) is 5.75. The molecule has 0 atom stereocenters. The molecule has 8 nitrogen and oxygen atoms in total. The van der Waals surface area contributed by atoms with Crippen molar-refractivity contribution in [2.45, 2.75) is 6.92 Å². The molecule has 25 heavy (non-hydrogen) atoms. The lowest BCUT2D eigenvalue weighted by Gasteiger charge is -2.00. The van der Waals surface area contributed by atoms with E-state index in [4.69, 9.17) is 11.6 Å². The highest BCUT2D eigenvalue weighted by Crippen LogP contribution is 2.26. The number of carbonyl (C=O) groups is 1. The number of nitrogens with one attached hydrogen (secondary N) is 2. The van der Waals surface area contributed by atoms with Crippen molar-refractivity contribution in [3.63, 3.8) is 0 Å². The summed E-state index contributed by atoms with van der Waals surface area (Å²) in [6, 6.07) is 3.01. The molecule has 2 aromatic rings. The van der Waals surface area contributed by atoms with Gasteiger partial charge in [0.05, 0.1) is 16.1 Å². The van der Waals surface area contributed by atoms with E-state index in [1.165, 1.54) is 15.4 Å². The summed E-state index contributed by atoms with van der Waals surface area (Å²) in [6.45, 7) is 2.37. The second-order valence-corrected chi connectivity index (χ2v) is 5.87. The maximum absolute atomic E-state index is 12.6. The topological polar surface area (TPSA) is 97.6 Å². The minimum Gasteiger partial charge on any atom is -0.359 e. The van der Waals surface area contributed by atoms with Crippen LogP contribution in [0.25, 0.3) is 28.0 Å². The average molecular weight is 357 g/mol. The molecule has 2 N–H and O–H groups in total. The standard InChI is InChI=1S/C16H13ClN6O2/c1-2-18-16(25)22-7-11-12(8-22)19-6-10-14(11)21-23(15(10)24)13-4-3-9(17)5-20-13/h3-8,19H,2H2,1H3,(H,18,25). The molecule has 2 aliphatic rings. The number of rotatable bonds is 2. The summed E-state index contributed by atoms with van der Waals surface area (Å²) in [6.07, 6.45) is 6.34. The van der Waals surface area contributed by atoms with Gasteiger partial charge < -0.3 is 10.3 Å². The van der Waals surface area contributed by atoms with Gasteiger partial charge in [0.2, 0.25) is 0 Å². The van der Waals surface area contributed by atoms with Gasteiger partial charge in [-0.25, -0.2) is 9.78 Å². The van der Waals surface area contributed by atoms with Gasteiger partial charge in [-0.2, -0.15) is 9.78 Å². The van der Waals surface area contributed by atoms with E-state index in [0.29, 0.717) is 39.5 Å². The smallest absolute Gasteiger partial charge is 0.325 e. The molecule has 0 radical (unpaired) electrons. The number of aromatic nitrogens is 5. The monoisotopic (exact) mass is 356 g/mol. The first-order valence-corrected chi connectivity index (χ1v) is 7.98. The number of hydrogen-bond donors (Lipinski definition) is 2. The molecule has 0 unspecified atom stereocenters. The van der Waals surface area contributed by atoms with Crippen molar-refractivity contribution in [1.82, 2.24) is 29.6 Å². The normalized spacial score (nSPS) is 11.3. The van der Waals surface area contributed by atoms with Crippen LogP contribution in [0.3, 0.4) is 0 Å². The molecule has 2 aliphatic heterocycles. The maximum Gasteiger partial charge on any atom is 0.325 e. The van der Waals surface area contributed by atoms with Crippen LogP contribution in [0.1, 0.15) is 6.92 Å². The largest absolute Gasteiger partial charge is 0.359 e. The molecule has 4 rings (SSSR count). The van der Waals surface area contributed by atoms with Gasteiger partial charge in [-0.15, -0.1) is 0 Å². The van der Waals surface area contributed by atoms with Crippen molar-refractivity contribution < 1.29 is 4.79 Å². The molecule has 1 amide bonds. The van der Waals surface area contributed by atoms with E-state index in [2.05, 4.69) is 20.4 Å². The highest BCUT2D eigenvalue weighted by molar-refractivity contribution is 6.30. The molecular weight excluding hydrogens is 344 g/mol. The Hall–Kier alpha value is -3.13. The van der Waals surface area contributed by atoms with Gasteiger partial charge in [0, 0.05) is 36.7 Å². The third-order valence-corrected chi connectivity index (χ3v) is 4.05. The number of fused-ring (bicyclic) bond motifs is 3. The molecule has 9 heteroatoms. The highest BCUT2D eigenvalue weighted by atomic mass is 35.5. The predicted octanol–water partition coefficient (Wildman–Crippen LogP) is 2.25. The first kappa shape index (κ1) is 15.4. The zero-order valence-corrected chi connectivity index (χ0v) is 13.9. The summed E-state index contributed by atoms with van der Waals surface area (Å²) < 4.78 is 2.64. The number of aromatic amines is 1. The summed E-state index contributed by atoms with van der Waals surface area (Å²) in [4.78, 5) is 31.8. The number of halogens is 1. The fourth-order valence-electron chi connectivity index (χ4n) is 2.66. The molecule has 0 aliphatic carbocycles. The van der Waals surface area contributed by atoms with Crippen molar-refractivity contribution in [2.24, 2.45) is 0 Å². The first-order valence-electron chi connectivity index (χ1n) is 7.60. The number of nitrogens with zero attached hydrogens (tertiary/aromatic N) is 4. The third kappa shape index (κ3) is 2.47. The Morgan fingerprint density at radius 1 is 1.36 bits per heavy atom. The van der Waals surface area contributed by atoms with Gasteiger partial charge in [-0.3, -0.25) is 9.36 Å². The number of hydrogen-bond acceptors (Lipinski definition) is 4. The zero-order valence-electron chi connectivity index (χ0n) is 13.2. The Bertz CT molecular complexity index is 1110. The van der Waals surface area contributed by atoms with Gasteiger partial charge in [0.1, 0.15) is 5.69 Å². The molecule has 2 aromatic heterocycles. The minimum atomic E-state index is -0.297. The van der Waals surface area contributed by atoms with Gasteiger partial charge in [-0.1, -0.05) is 11.6 Å². The summed E-state index contributed by atoms with van der Waals surface area (Å²) in [7, 11) is 0. The van der Waals surface area contributed by atoms with E-state index in [1.807, 2.05) is 6.92 Å². The SMILES string of the molecule is CCNC(=O)n1cc2[nH]cc3c(=O)n(-c4ccc(Cl)cn4)nc-3c2c1. The zero-order chi connectivity index (χ0) is 17.6. The van der Waals surface area contributed by atoms with E-state index >= 15 is 0 Å². The molecule has 0 saturated heterocycles. The van der Waals surface area contributed by atoms with E-state index in [1.54, 1.807) is 30.7 Å². The minimum absolute atomic E-state index is 0.249. The molecular formula is C16H13ClN6O2. The van der Waals surface area contributed by atoms with Gasteiger partial charge in [0.25, 0.3) is 5.56 Å². The van der Waals surface area contributed by atoms with Crippen LogP contribution < -0.4 is 10.9 Å². The van der Waals surface area contributed by atoms with Crippen LogP contribution in [0.5, 0.6) is 0 Å². The van der Waals surface area contributed by atoms with Crippen LogP contribution in [-0.2, 0) is 0 Å². The fraction of sp³-hybridized carbons (Fsp3) is 0.125. The van der Waals surface area contributed by atoms with Crippen LogP contribution in [0.15, 0.2) is 41.7 Å². The molecule has 4 heterocycles. The highest BCUT2D eigenvalue weighted by Gasteiger charge is 2.21. The molecule has 0 spiro atoms. The number of pyridine rings is 2. The first-order chi connectivity index (χ1) is 12.1. The van der Waals surface area contributed by atoms with Crippen LogP contribution in [0, 0.1) is 0 Å². The maximum atomic E-state index is 12.6. The van der Waals surface area contributed by atoms with Crippen molar-refractivity contribution >= 4 is 28.5 Å². The van der Waals surface area contributed by atoms with Crippen molar-refractivity contribution in [2.75, 3.05) is 6.54 Å². The lowest BCUT2D eigenvalue weighted by Crippen LogP contribution is -2.26. The average Bonchev–Trinajstić information content (AvgIpc) is 3.17. The predicted molar refractivity (Wildman–Crippen MR) is 93.6 cm³/mol. The summed E-state index contributed by atoms with van der Waals surface area (Å²) in [5, 5.41) is 8.26. The van der Waals surface area contributed by atoms with Crippen molar-refractivity contribution in [3.05, 3.63) is 52.3 Å². The van der Waals surface area contributed by atoms with Crippen LogP contribution in [0.2, 0.25) is 5.02 Å². The Morgan fingerprint density at radius 2 is 2.20 bits per heavy atom. The molecule has 0 fully saturated rings. The van der Waals surface area contributed by atoms with Gasteiger partial charge in [0.15, 0.2) is 5.82 Å². The van der Waals surface area contributed by atoms with Gasteiger partial charge >= 0.3 is 6.03 Å². The van der Waals surface area contributed by atoms with Crippen molar-refractivity contribution in [1.29, 1.82) is 0 Å². The van der Waals surface area contributed by atoms with Crippen LogP contribution >= 0.6 is 11.6 Å². The van der Waals surface area contributed by atoms with E-state index in [-0.39, 0.29) is 11.6 Å². The van der Waals surface area contributed by atoms with E-state index < -0.39 is 0 Å².